The number of rotatable bonds is 5. The zero-order valence-corrected chi connectivity index (χ0v) is 12.2. The van der Waals surface area contributed by atoms with Crippen LogP contribution in [0.3, 0.4) is 0 Å². The Balaban J connectivity index is 2.01. The fraction of sp³-hybridized carbons (Fsp3) is 0.625. The minimum atomic E-state index is 0.310. The molecule has 3 heteroatoms. The van der Waals surface area contributed by atoms with Gasteiger partial charge in [-0.15, -0.1) is 0 Å². The number of ether oxygens (including phenoxy) is 2. The second-order valence-corrected chi connectivity index (χ2v) is 5.23. The van der Waals surface area contributed by atoms with E-state index in [2.05, 4.69) is 44.3 Å². The summed E-state index contributed by atoms with van der Waals surface area (Å²) in [6.45, 7) is 9.07. The predicted molar refractivity (Wildman–Crippen MR) is 77.7 cm³/mol. The van der Waals surface area contributed by atoms with E-state index in [9.17, 15) is 0 Å². The third-order valence-electron chi connectivity index (χ3n) is 3.67. The van der Waals surface area contributed by atoms with Crippen LogP contribution in [0.5, 0.6) is 5.75 Å². The number of hydrogen-bond acceptors (Lipinski definition) is 3. The number of aryl methyl sites for hydroxylation is 1. The van der Waals surface area contributed by atoms with Gasteiger partial charge in [-0.1, -0.05) is 19.1 Å². The highest BCUT2D eigenvalue weighted by Crippen LogP contribution is 2.25. The molecule has 1 fully saturated rings. The molecule has 1 aliphatic heterocycles. The highest BCUT2D eigenvalue weighted by Gasteiger charge is 2.16. The van der Waals surface area contributed by atoms with E-state index in [4.69, 9.17) is 9.47 Å². The van der Waals surface area contributed by atoms with E-state index in [1.165, 1.54) is 11.1 Å². The summed E-state index contributed by atoms with van der Waals surface area (Å²) in [6.07, 6.45) is 2.30. The first-order chi connectivity index (χ1) is 9.20. The van der Waals surface area contributed by atoms with E-state index in [1.807, 2.05) is 0 Å². The lowest BCUT2D eigenvalue weighted by molar-refractivity contribution is 0.0253. The van der Waals surface area contributed by atoms with Crippen molar-refractivity contribution in [3.05, 3.63) is 29.3 Å². The predicted octanol–water partition coefficient (Wildman–Crippen LogP) is 3.22. The molecule has 2 rings (SSSR count). The van der Waals surface area contributed by atoms with Crippen LogP contribution in [0, 0.1) is 6.92 Å². The van der Waals surface area contributed by atoms with E-state index in [-0.39, 0.29) is 0 Å². The van der Waals surface area contributed by atoms with Crippen molar-refractivity contribution in [1.82, 2.24) is 5.32 Å². The van der Waals surface area contributed by atoms with Crippen molar-refractivity contribution in [2.75, 3.05) is 19.8 Å². The molecule has 0 spiro atoms. The van der Waals surface area contributed by atoms with E-state index in [0.717, 1.165) is 38.3 Å². The second-order valence-electron chi connectivity index (χ2n) is 5.23. The molecule has 0 amide bonds. The lowest BCUT2D eigenvalue weighted by Gasteiger charge is -2.24. The average Bonchev–Trinajstić information content (AvgIpc) is 2.42. The van der Waals surface area contributed by atoms with Gasteiger partial charge in [0.25, 0.3) is 0 Å². The molecule has 1 aromatic rings. The standard InChI is InChI=1S/C16H25NO2/c1-4-17-13(3)14-5-6-16(12(2)11-14)19-15-7-9-18-10-8-15/h5-6,11,13,15,17H,4,7-10H2,1-3H3. The average molecular weight is 263 g/mol. The molecular weight excluding hydrogens is 238 g/mol. The Bertz CT molecular complexity index is 400. The van der Waals surface area contributed by atoms with Gasteiger partial charge < -0.3 is 14.8 Å². The zero-order chi connectivity index (χ0) is 13.7. The summed E-state index contributed by atoms with van der Waals surface area (Å²) in [5.74, 6) is 1.01. The van der Waals surface area contributed by atoms with Crippen molar-refractivity contribution in [3.8, 4) is 5.75 Å². The summed E-state index contributed by atoms with van der Waals surface area (Å²) in [5, 5.41) is 3.43. The van der Waals surface area contributed by atoms with Crippen molar-refractivity contribution in [1.29, 1.82) is 0 Å². The SMILES string of the molecule is CCNC(C)c1ccc(OC2CCOCC2)c(C)c1. The lowest BCUT2D eigenvalue weighted by atomic mass is 10.0. The van der Waals surface area contributed by atoms with Gasteiger partial charge in [0, 0.05) is 18.9 Å². The molecule has 1 saturated heterocycles. The molecule has 106 valence electrons. The normalized spacial score (nSPS) is 18.3. The van der Waals surface area contributed by atoms with Crippen LogP contribution in [0.1, 0.15) is 43.9 Å². The Morgan fingerprint density at radius 3 is 2.74 bits per heavy atom. The fourth-order valence-corrected chi connectivity index (χ4v) is 2.47. The van der Waals surface area contributed by atoms with Crippen LogP contribution in [0.2, 0.25) is 0 Å². The molecule has 0 aromatic heterocycles. The van der Waals surface area contributed by atoms with Gasteiger partial charge in [-0.2, -0.15) is 0 Å². The van der Waals surface area contributed by atoms with Crippen molar-refractivity contribution in [3.63, 3.8) is 0 Å². The van der Waals surface area contributed by atoms with Crippen molar-refractivity contribution >= 4 is 0 Å². The summed E-state index contributed by atoms with van der Waals surface area (Å²) in [7, 11) is 0. The van der Waals surface area contributed by atoms with Crippen LogP contribution in [-0.4, -0.2) is 25.9 Å². The number of benzene rings is 1. The lowest BCUT2D eigenvalue weighted by Crippen LogP contribution is -2.26. The monoisotopic (exact) mass is 263 g/mol. The van der Waals surface area contributed by atoms with Gasteiger partial charge in [0.05, 0.1) is 13.2 Å². The quantitative estimate of drug-likeness (QED) is 0.884. The van der Waals surface area contributed by atoms with Gasteiger partial charge in [-0.25, -0.2) is 0 Å². The van der Waals surface area contributed by atoms with Gasteiger partial charge in [0.1, 0.15) is 11.9 Å². The molecule has 1 aliphatic rings. The molecule has 1 unspecified atom stereocenters. The molecule has 1 atom stereocenters. The van der Waals surface area contributed by atoms with Crippen LogP contribution in [0.25, 0.3) is 0 Å². The third-order valence-corrected chi connectivity index (χ3v) is 3.67. The van der Waals surface area contributed by atoms with Gasteiger partial charge in [-0.3, -0.25) is 0 Å². The molecule has 0 aliphatic carbocycles. The van der Waals surface area contributed by atoms with Gasteiger partial charge in [0.2, 0.25) is 0 Å². The summed E-state index contributed by atoms with van der Waals surface area (Å²) in [6, 6.07) is 6.88. The molecule has 1 heterocycles. The number of hydrogen-bond donors (Lipinski definition) is 1. The van der Waals surface area contributed by atoms with Crippen molar-refractivity contribution in [2.24, 2.45) is 0 Å². The fourth-order valence-electron chi connectivity index (χ4n) is 2.47. The van der Waals surface area contributed by atoms with E-state index in [1.54, 1.807) is 0 Å². The van der Waals surface area contributed by atoms with Crippen LogP contribution in [0.4, 0.5) is 0 Å². The minimum Gasteiger partial charge on any atom is -0.490 e. The summed E-state index contributed by atoms with van der Waals surface area (Å²) in [5.41, 5.74) is 2.53. The maximum absolute atomic E-state index is 6.08. The largest absolute Gasteiger partial charge is 0.490 e. The molecule has 0 saturated carbocycles. The van der Waals surface area contributed by atoms with E-state index in [0.29, 0.717) is 12.1 Å². The zero-order valence-electron chi connectivity index (χ0n) is 12.2. The van der Waals surface area contributed by atoms with Gasteiger partial charge in [-0.05, 0) is 37.6 Å². The van der Waals surface area contributed by atoms with E-state index >= 15 is 0 Å². The molecular formula is C16H25NO2. The molecule has 0 radical (unpaired) electrons. The minimum absolute atomic E-state index is 0.310. The Morgan fingerprint density at radius 2 is 2.11 bits per heavy atom. The summed E-state index contributed by atoms with van der Waals surface area (Å²) in [4.78, 5) is 0. The Hall–Kier alpha value is -1.06. The summed E-state index contributed by atoms with van der Waals surface area (Å²) < 4.78 is 11.4. The molecule has 3 nitrogen and oxygen atoms in total. The Morgan fingerprint density at radius 1 is 1.37 bits per heavy atom. The van der Waals surface area contributed by atoms with Crippen molar-refractivity contribution in [2.45, 2.75) is 45.8 Å². The first kappa shape index (κ1) is 14.4. The first-order valence-electron chi connectivity index (χ1n) is 7.29. The Labute approximate surface area is 116 Å². The maximum Gasteiger partial charge on any atom is 0.122 e. The van der Waals surface area contributed by atoms with Crippen LogP contribution in [-0.2, 0) is 4.74 Å². The topological polar surface area (TPSA) is 30.5 Å². The van der Waals surface area contributed by atoms with E-state index < -0.39 is 0 Å². The maximum atomic E-state index is 6.08. The van der Waals surface area contributed by atoms with Crippen molar-refractivity contribution < 1.29 is 9.47 Å². The van der Waals surface area contributed by atoms with Gasteiger partial charge >= 0.3 is 0 Å². The van der Waals surface area contributed by atoms with Crippen LogP contribution in [0.15, 0.2) is 18.2 Å². The van der Waals surface area contributed by atoms with Crippen LogP contribution < -0.4 is 10.1 Å². The molecule has 1 N–H and O–H groups in total. The first-order valence-corrected chi connectivity index (χ1v) is 7.29. The summed E-state index contributed by atoms with van der Waals surface area (Å²) >= 11 is 0. The molecule has 19 heavy (non-hydrogen) atoms. The highest BCUT2D eigenvalue weighted by molar-refractivity contribution is 5.37. The molecule has 1 aromatic carbocycles. The third kappa shape index (κ3) is 3.95. The van der Waals surface area contributed by atoms with Crippen LogP contribution >= 0.6 is 0 Å². The highest BCUT2D eigenvalue weighted by atomic mass is 16.5. The number of nitrogens with one attached hydrogen (secondary N) is 1. The smallest absolute Gasteiger partial charge is 0.122 e. The Kier molecular flexibility index (Phi) is 5.23. The van der Waals surface area contributed by atoms with Gasteiger partial charge in [0.15, 0.2) is 0 Å². The second kappa shape index (κ2) is 6.92. The molecule has 0 bridgehead atoms.